The van der Waals surface area contributed by atoms with Gasteiger partial charge in [0.05, 0.1) is 12.3 Å². The maximum atomic E-state index is 12.0. The zero-order valence-corrected chi connectivity index (χ0v) is 10.5. The van der Waals surface area contributed by atoms with E-state index in [1.54, 1.807) is 17.0 Å². The van der Waals surface area contributed by atoms with Crippen LogP contribution in [0.3, 0.4) is 0 Å². The summed E-state index contributed by atoms with van der Waals surface area (Å²) >= 11 is 0. The molecule has 0 radical (unpaired) electrons. The van der Waals surface area contributed by atoms with Crippen molar-refractivity contribution in [2.24, 2.45) is 5.73 Å². The van der Waals surface area contributed by atoms with Crippen LogP contribution in [0, 0.1) is 0 Å². The Morgan fingerprint density at radius 2 is 2.11 bits per heavy atom. The predicted molar refractivity (Wildman–Crippen MR) is 68.5 cm³/mol. The zero-order valence-electron chi connectivity index (χ0n) is 10.5. The Hall–Kier alpha value is -1.95. The number of carbonyl (C=O) groups excluding carboxylic acids is 1. The molecule has 1 fully saturated rings. The summed E-state index contributed by atoms with van der Waals surface area (Å²) in [5.41, 5.74) is 6.37. The predicted octanol–water partition coefficient (Wildman–Crippen LogP) is 1.48. The molecule has 6 heteroatoms. The summed E-state index contributed by atoms with van der Waals surface area (Å²) in [6.07, 6.45) is 1.21. The molecule has 0 aromatic heterocycles. The lowest BCUT2D eigenvalue weighted by molar-refractivity contribution is 0.128. The molecule has 0 bridgehead atoms. The first-order chi connectivity index (χ1) is 9.29. The van der Waals surface area contributed by atoms with E-state index in [9.17, 15) is 4.79 Å². The third-order valence-corrected chi connectivity index (χ3v) is 3.37. The third kappa shape index (κ3) is 2.19. The van der Waals surface area contributed by atoms with E-state index in [-0.39, 0.29) is 18.9 Å². The normalized spacial score (nSPS) is 21.4. The maximum absolute atomic E-state index is 12.0. The fourth-order valence-electron chi connectivity index (χ4n) is 2.45. The highest BCUT2D eigenvalue weighted by molar-refractivity contribution is 5.89. The molecule has 2 aliphatic heterocycles. The molecule has 1 atom stereocenters. The Morgan fingerprint density at radius 3 is 2.95 bits per heavy atom. The summed E-state index contributed by atoms with van der Waals surface area (Å²) in [6, 6.07) is 5.52. The van der Waals surface area contributed by atoms with Crippen LogP contribution in [-0.2, 0) is 4.74 Å². The topological polar surface area (TPSA) is 74.0 Å². The van der Waals surface area contributed by atoms with Crippen molar-refractivity contribution >= 4 is 11.8 Å². The molecule has 0 saturated carbocycles. The first-order valence-electron chi connectivity index (χ1n) is 6.35. The minimum Gasteiger partial charge on any atom is -0.454 e. The van der Waals surface area contributed by atoms with E-state index in [2.05, 4.69) is 0 Å². The summed E-state index contributed by atoms with van der Waals surface area (Å²) < 4.78 is 15.7. The van der Waals surface area contributed by atoms with Crippen LogP contribution in [0.1, 0.15) is 12.8 Å². The number of ether oxygens (including phenoxy) is 3. The number of benzene rings is 1. The summed E-state index contributed by atoms with van der Waals surface area (Å²) in [7, 11) is 0. The molecule has 1 aromatic rings. The molecular weight excluding hydrogens is 248 g/mol. The smallest absolute Gasteiger partial charge is 0.414 e. The number of anilines is 1. The summed E-state index contributed by atoms with van der Waals surface area (Å²) in [5, 5.41) is 0. The van der Waals surface area contributed by atoms with Gasteiger partial charge in [-0.15, -0.1) is 0 Å². The molecule has 6 nitrogen and oxygen atoms in total. The summed E-state index contributed by atoms with van der Waals surface area (Å²) in [5.74, 6) is 1.35. The van der Waals surface area contributed by atoms with Gasteiger partial charge in [-0.2, -0.15) is 0 Å². The Bertz CT molecular complexity index is 490. The zero-order chi connectivity index (χ0) is 13.2. The molecule has 102 valence electrons. The van der Waals surface area contributed by atoms with Crippen molar-refractivity contribution in [2.45, 2.75) is 18.9 Å². The van der Waals surface area contributed by atoms with Crippen LogP contribution in [0.5, 0.6) is 11.5 Å². The van der Waals surface area contributed by atoms with Crippen LogP contribution >= 0.6 is 0 Å². The molecule has 0 spiro atoms. The quantitative estimate of drug-likeness (QED) is 0.895. The Labute approximate surface area is 111 Å². The Balaban J connectivity index is 1.90. The monoisotopic (exact) mass is 264 g/mol. The first kappa shape index (κ1) is 12.1. The van der Waals surface area contributed by atoms with E-state index in [1.807, 2.05) is 6.07 Å². The highest BCUT2D eigenvalue weighted by Gasteiger charge is 2.31. The van der Waals surface area contributed by atoms with E-state index in [0.29, 0.717) is 24.7 Å². The van der Waals surface area contributed by atoms with Crippen molar-refractivity contribution in [3.05, 3.63) is 18.2 Å². The number of rotatable bonds is 3. The van der Waals surface area contributed by atoms with Gasteiger partial charge in [0.2, 0.25) is 6.79 Å². The fraction of sp³-hybridized carbons (Fsp3) is 0.462. The SMILES string of the molecule is NCCC1CCOC(=O)N1c1ccc2c(c1)OCO2. The van der Waals surface area contributed by atoms with Gasteiger partial charge in [-0.1, -0.05) is 0 Å². The number of amides is 1. The lowest BCUT2D eigenvalue weighted by Crippen LogP contribution is -2.46. The van der Waals surface area contributed by atoms with Gasteiger partial charge >= 0.3 is 6.09 Å². The van der Waals surface area contributed by atoms with Crippen LogP contribution in [0.15, 0.2) is 18.2 Å². The maximum Gasteiger partial charge on any atom is 0.414 e. The number of hydrogen-bond acceptors (Lipinski definition) is 5. The van der Waals surface area contributed by atoms with Crippen molar-refractivity contribution in [2.75, 3.05) is 24.8 Å². The van der Waals surface area contributed by atoms with Gasteiger partial charge in [0.25, 0.3) is 0 Å². The standard InChI is InChI=1S/C13H16N2O4/c14-5-3-9-4-6-17-13(16)15(9)10-1-2-11-12(7-10)19-8-18-11/h1-2,7,9H,3-6,8,14H2. The van der Waals surface area contributed by atoms with E-state index in [1.165, 1.54) is 0 Å². The fourth-order valence-corrected chi connectivity index (χ4v) is 2.45. The lowest BCUT2D eigenvalue weighted by Gasteiger charge is -2.34. The number of fused-ring (bicyclic) bond motifs is 1. The number of hydrogen-bond donors (Lipinski definition) is 1. The van der Waals surface area contributed by atoms with Crippen LogP contribution in [0.2, 0.25) is 0 Å². The highest BCUT2D eigenvalue weighted by atomic mass is 16.7. The largest absolute Gasteiger partial charge is 0.454 e. The van der Waals surface area contributed by atoms with Crippen molar-refractivity contribution in [1.82, 2.24) is 0 Å². The molecule has 1 unspecified atom stereocenters. The first-order valence-corrected chi connectivity index (χ1v) is 6.35. The van der Waals surface area contributed by atoms with Crippen molar-refractivity contribution in [1.29, 1.82) is 0 Å². The average Bonchev–Trinajstić information content (AvgIpc) is 2.86. The van der Waals surface area contributed by atoms with Gasteiger partial charge < -0.3 is 19.9 Å². The number of nitrogens with zero attached hydrogens (tertiary/aromatic N) is 1. The van der Waals surface area contributed by atoms with Gasteiger partial charge in [-0.3, -0.25) is 4.90 Å². The van der Waals surface area contributed by atoms with Gasteiger partial charge in [0.15, 0.2) is 11.5 Å². The summed E-state index contributed by atoms with van der Waals surface area (Å²) in [6.45, 7) is 1.21. The second-order valence-corrected chi connectivity index (χ2v) is 4.54. The van der Waals surface area contributed by atoms with Crippen LogP contribution in [0.4, 0.5) is 10.5 Å². The van der Waals surface area contributed by atoms with Crippen molar-refractivity contribution < 1.29 is 19.0 Å². The lowest BCUT2D eigenvalue weighted by atomic mass is 10.1. The van der Waals surface area contributed by atoms with Crippen molar-refractivity contribution in [3.63, 3.8) is 0 Å². The van der Waals surface area contributed by atoms with Crippen LogP contribution in [-0.4, -0.2) is 32.1 Å². The van der Waals surface area contributed by atoms with E-state index in [0.717, 1.165) is 18.5 Å². The molecule has 2 N–H and O–H groups in total. The molecule has 0 aliphatic carbocycles. The van der Waals surface area contributed by atoms with Crippen molar-refractivity contribution in [3.8, 4) is 11.5 Å². The molecule has 2 heterocycles. The van der Waals surface area contributed by atoms with Crippen LogP contribution in [0.25, 0.3) is 0 Å². The molecule has 2 aliphatic rings. The minimum absolute atomic E-state index is 0.0756. The Morgan fingerprint density at radius 1 is 1.26 bits per heavy atom. The molecule has 1 aromatic carbocycles. The van der Waals surface area contributed by atoms with E-state index >= 15 is 0 Å². The second kappa shape index (κ2) is 4.97. The van der Waals surface area contributed by atoms with E-state index < -0.39 is 0 Å². The second-order valence-electron chi connectivity index (χ2n) is 4.54. The third-order valence-electron chi connectivity index (χ3n) is 3.37. The number of nitrogens with two attached hydrogens (primary N) is 1. The molecular formula is C13H16N2O4. The van der Waals surface area contributed by atoms with Gasteiger partial charge in [0, 0.05) is 18.5 Å². The van der Waals surface area contributed by atoms with Gasteiger partial charge in [-0.25, -0.2) is 4.79 Å². The Kier molecular flexibility index (Phi) is 3.16. The molecule has 1 amide bonds. The molecule has 1 saturated heterocycles. The van der Waals surface area contributed by atoms with Crippen LogP contribution < -0.4 is 20.1 Å². The van der Waals surface area contributed by atoms with Gasteiger partial charge in [-0.05, 0) is 25.1 Å². The minimum atomic E-state index is -0.330. The molecule has 3 rings (SSSR count). The number of carbonyl (C=O) groups is 1. The molecule has 19 heavy (non-hydrogen) atoms. The average molecular weight is 264 g/mol. The van der Waals surface area contributed by atoms with E-state index in [4.69, 9.17) is 19.9 Å². The summed E-state index contributed by atoms with van der Waals surface area (Å²) in [4.78, 5) is 13.6. The van der Waals surface area contributed by atoms with Gasteiger partial charge in [0.1, 0.15) is 0 Å². The number of cyclic esters (lactones) is 1. The highest BCUT2D eigenvalue weighted by Crippen LogP contribution is 2.37.